The molecule has 0 saturated carbocycles. The van der Waals surface area contributed by atoms with Crippen molar-refractivity contribution in [2.75, 3.05) is 4.90 Å². The molecule has 0 radical (unpaired) electrons. The monoisotopic (exact) mass is 656 g/mol. The van der Waals surface area contributed by atoms with Gasteiger partial charge in [0.05, 0.1) is 11.0 Å². The van der Waals surface area contributed by atoms with Gasteiger partial charge in [-0.3, -0.25) is 0 Å². The highest BCUT2D eigenvalue weighted by Gasteiger charge is 2.19. The van der Waals surface area contributed by atoms with Crippen molar-refractivity contribution in [2.24, 2.45) is 0 Å². The van der Waals surface area contributed by atoms with Crippen molar-refractivity contribution in [1.29, 1.82) is 0 Å². The molecule has 0 N–H and O–H groups in total. The maximum absolute atomic E-state index is 6.24. The Bertz CT molecular complexity index is 3110. The first-order valence-corrected chi connectivity index (χ1v) is 17.7. The maximum atomic E-state index is 6.24. The minimum Gasteiger partial charge on any atom is -0.456 e. The van der Waals surface area contributed by atoms with Gasteiger partial charge in [0.15, 0.2) is 0 Å². The molecule has 3 heterocycles. The number of rotatable bonds is 4. The molecule has 234 valence electrons. The molecule has 0 aliphatic heterocycles. The van der Waals surface area contributed by atoms with Crippen LogP contribution in [-0.2, 0) is 0 Å². The molecule has 0 amide bonds. The van der Waals surface area contributed by atoms with Crippen LogP contribution in [0.3, 0.4) is 0 Å². The maximum Gasteiger partial charge on any atom is 0.136 e. The smallest absolute Gasteiger partial charge is 0.136 e. The van der Waals surface area contributed by atoms with Crippen LogP contribution in [0, 0.1) is 0 Å². The van der Waals surface area contributed by atoms with E-state index in [-0.39, 0.29) is 0 Å². The molecule has 3 aromatic heterocycles. The van der Waals surface area contributed by atoms with Gasteiger partial charge in [-0.15, -0.1) is 11.3 Å². The first kappa shape index (κ1) is 27.6. The van der Waals surface area contributed by atoms with Crippen LogP contribution < -0.4 is 4.90 Å². The molecular formula is C46H28N2OS. The first-order chi connectivity index (χ1) is 24.8. The second-order valence-corrected chi connectivity index (χ2v) is 14.0. The molecular weight excluding hydrogens is 629 g/mol. The normalized spacial score (nSPS) is 12.0. The lowest BCUT2D eigenvalue weighted by molar-refractivity contribution is 0.669. The second-order valence-electron chi connectivity index (χ2n) is 12.9. The highest BCUT2D eigenvalue weighted by Crippen LogP contribution is 2.44. The molecule has 0 atom stereocenters. The number of benzene rings is 8. The largest absolute Gasteiger partial charge is 0.456 e. The van der Waals surface area contributed by atoms with E-state index in [0.29, 0.717) is 0 Å². The molecule has 4 heteroatoms. The number of furan rings is 1. The number of fused-ring (bicyclic) bond motifs is 11. The van der Waals surface area contributed by atoms with Crippen molar-refractivity contribution < 1.29 is 4.42 Å². The summed E-state index contributed by atoms with van der Waals surface area (Å²) in [5.74, 6) is 0. The van der Waals surface area contributed by atoms with Crippen LogP contribution in [0.15, 0.2) is 174 Å². The Hall–Kier alpha value is -6.36. The second kappa shape index (κ2) is 10.6. The number of para-hydroxylation sites is 3. The summed E-state index contributed by atoms with van der Waals surface area (Å²) in [6.07, 6.45) is 0. The van der Waals surface area contributed by atoms with Gasteiger partial charge in [0.1, 0.15) is 11.2 Å². The van der Waals surface area contributed by atoms with Crippen molar-refractivity contribution in [3.63, 3.8) is 0 Å². The first-order valence-electron chi connectivity index (χ1n) is 16.9. The number of hydrogen-bond donors (Lipinski definition) is 0. The molecule has 11 rings (SSSR count). The topological polar surface area (TPSA) is 21.3 Å². The third-order valence-electron chi connectivity index (χ3n) is 10.1. The average Bonchev–Trinajstić information content (AvgIpc) is 3.84. The van der Waals surface area contributed by atoms with Gasteiger partial charge < -0.3 is 13.9 Å². The molecule has 50 heavy (non-hydrogen) atoms. The Kier molecular flexibility index (Phi) is 5.83. The zero-order chi connectivity index (χ0) is 32.8. The predicted octanol–water partition coefficient (Wildman–Crippen LogP) is 13.7. The Labute approximate surface area is 291 Å². The molecule has 0 fully saturated rings. The molecule has 0 bridgehead atoms. The molecule has 0 saturated heterocycles. The van der Waals surface area contributed by atoms with E-state index >= 15 is 0 Å². The Morgan fingerprint density at radius 2 is 1.08 bits per heavy atom. The zero-order valence-electron chi connectivity index (χ0n) is 26.9. The summed E-state index contributed by atoms with van der Waals surface area (Å²) >= 11 is 1.85. The number of hydrogen-bond acceptors (Lipinski definition) is 3. The van der Waals surface area contributed by atoms with Crippen LogP contribution in [0.4, 0.5) is 17.1 Å². The van der Waals surface area contributed by atoms with Crippen LogP contribution in [0.2, 0.25) is 0 Å². The van der Waals surface area contributed by atoms with Gasteiger partial charge in [0.25, 0.3) is 0 Å². The van der Waals surface area contributed by atoms with Crippen LogP contribution in [0.5, 0.6) is 0 Å². The summed E-state index contributed by atoms with van der Waals surface area (Å²) in [6, 6.07) is 61.4. The van der Waals surface area contributed by atoms with E-state index in [1.54, 1.807) is 0 Å². The van der Waals surface area contributed by atoms with Crippen LogP contribution in [0.1, 0.15) is 0 Å². The van der Waals surface area contributed by atoms with E-state index in [1.165, 1.54) is 52.8 Å². The minimum atomic E-state index is 0.916. The summed E-state index contributed by atoms with van der Waals surface area (Å²) < 4.78 is 11.2. The minimum absolute atomic E-state index is 0.916. The van der Waals surface area contributed by atoms with E-state index < -0.39 is 0 Å². The summed E-state index contributed by atoms with van der Waals surface area (Å²) in [5, 5.41) is 9.74. The summed E-state index contributed by atoms with van der Waals surface area (Å²) in [6.45, 7) is 0. The van der Waals surface area contributed by atoms with E-state index in [9.17, 15) is 0 Å². The van der Waals surface area contributed by atoms with Crippen molar-refractivity contribution in [1.82, 2.24) is 4.57 Å². The summed E-state index contributed by atoms with van der Waals surface area (Å²) in [4.78, 5) is 2.41. The fourth-order valence-electron chi connectivity index (χ4n) is 7.94. The molecule has 8 aromatic carbocycles. The standard InChI is InChI=1S/C46H28N2OS/c1-2-10-30(11-3-1)48-40-15-7-4-12-35(40)39-27-32(21-24-41(39)48)47(33-20-23-37-36-13-6-9-17-44(36)50-45(37)28-33)31-19-22-34-29(26-31)18-25-43-46(34)38-14-5-8-16-42(38)49-43/h1-28H. The molecule has 0 unspecified atom stereocenters. The van der Waals surface area contributed by atoms with Gasteiger partial charge >= 0.3 is 0 Å². The third-order valence-corrected chi connectivity index (χ3v) is 11.3. The number of anilines is 3. The fraction of sp³-hybridized carbons (Fsp3) is 0. The van der Waals surface area contributed by atoms with E-state index in [2.05, 4.69) is 167 Å². The molecule has 11 aromatic rings. The van der Waals surface area contributed by atoms with Crippen molar-refractivity contribution in [3.05, 3.63) is 170 Å². The van der Waals surface area contributed by atoms with Crippen molar-refractivity contribution in [3.8, 4) is 5.69 Å². The zero-order valence-corrected chi connectivity index (χ0v) is 27.7. The molecule has 3 nitrogen and oxygen atoms in total. The molecule has 0 aliphatic rings. The van der Waals surface area contributed by atoms with E-state index in [0.717, 1.165) is 44.7 Å². The lowest BCUT2D eigenvalue weighted by Crippen LogP contribution is -2.10. The predicted molar refractivity (Wildman–Crippen MR) is 213 cm³/mol. The lowest BCUT2D eigenvalue weighted by Gasteiger charge is -2.26. The van der Waals surface area contributed by atoms with Gasteiger partial charge in [-0.2, -0.15) is 0 Å². The van der Waals surface area contributed by atoms with Gasteiger partial charge in [0, 0.05) is 64.5 Å². The quantitative estimate of drug-likeness (QED) is 0.188. The summed E-state index contributed by atoms with van der Waals surface area (Å²) in [7, 11) is 0. The number of nitrogens with zero attached hydrogens (tertiary/aromatic N) is 2. The SMILES string of the molecule is c1ccc(-n2c3ccccc3c3cc(N(c4ccc5c(ccc6oc7ccccc7c65)c4)c4ccc5c(c4)sc4ccccc45)ccc32)cc1. The van der Waals surface area contributed by atoms with Crippen molar-refractivity contribution >= 4 is 103 Å². The Morgan fingerprint density at radius 1 is 0.420 bits per heavy atom. The van der Waals surface area contributed by atoms with Gasteiger partial charge in [-0.1, -0.05) is 91.0 Å². The fourth-order valence-corrected chi connectivity index (χ4v) is 9.08. The van der Waals surface area contributed by atoms with Gasteiger partial charge in [-0.05, 0) is 89.6 Å². The third kappa shape index (κ3) is 4.03. The van der Waals surface area contributed by atoms with Gasteiger partial charge in [0.2, 0.25) is 0 Å². The van der Waals surface area contributed by atoms with E-state index in [4.69, 9.17) is 4.42 Å². The highest BCUT2D eigenvalue weighted by molar-refractivity contribution is 7.25. The Morgan fingerprint density at radius 3 is 1.98 bits per heavy atom. The summed E-state index contributed by atoms with van der Waals surface area (Å²) in [5.41, 5.74) is 8.73. The number of thiophene rings is 1. The van der Waals surface area contributed by atoms with Crippen LogP contribution in [0.25, 0.3) is 80.4 Å². The van der Waals surface area contributed by atoms with Gasteiger partial charge in [-0.25, -0.2) is 0 Å². The average molecular weight is 657 g/mol. The van der Waals surface area contributed by atoms with Crippen LogP contribution in [-0.4, -0.2) is 4.57 Å². The lowest BCUT2D eigenvalue weighted by atomic mass is 10.0. The van der Waals surface area contributed by atoms with E-state index in [1.807, 2.05) is 23.5 Å². The van der Waals surface area contributed by atoms with Crippen molar-refractivity contribution in [2.45, 2.75) is 0 Å². The molecule has 0 aliphatic carbocycles. The van der Waals surface area contributed by atoms with Crippen LogP contribution >= 0.6 is 11.3 Å². The number of aromatic nitrogens is 1. The Balaban J connectivity index is 1.16. The molecule has 0 spiro atoms. The highest BCUT2D eigenvalue weighted by atomic mass is 32.1.